The molecule has 2 rings (SSSR count). The standard InChI is InChI=1S/C11H13NS/c1-8(12)6-10-7-9-4-2-3-5-11(9)13-10/h2-5,7-8H,6,12H2,1H3/t8-/m1/s1. The molecule has 0 saturated carbocycles. The maximum absolute atomic E-state index is 5.75. The van der Waals surface area contributed by atoms with Crippen LogP contribution in [0.3, 0.4) is 0 Å². The lowest BCUT2D eigenvalue weighted by Gasteiger charge is -1.99. The van der Waals surface area contributed by atoms with Crippen molar-refractivity contribution >= 4 is 21.4 Å². The second kappa shape index (κ2) is 3.48. The first kappa shape index (κ1) is 8.73. The molecule has 0 spiro atoms. The number of benzene rings is 1. The number of thiophene rings is 1. The lowest BCUT2D eigenvalue weighted by Crippen LogP contribution is -2.16. The van der Waals surface area contributed by atoms with Crippen molar-refractivity contribution in [3.63, 3.8) is 0 Å². The molecule has 0 aliphatic rings. The van der Waals surface area contributed by atoms with E-state index >= 15 is 0 Å². The first-order valence-electron chi connectivity index (χ1n) is 4.49. The molecule has 0 aliphatic carbocycles. The summed E-state index contributed by atoms with van der Waals surface area (Å²) in [5.74, 6) is 0. The Hall–Kier alpha value is -0.860. The first-order valence-corrected chi connectivity index (χ1v) is 5.30. The fourth-order valence-corrected chi connectivity index (χ4v) is 2.66. The van der Waals surface area contributed by atoms with E-state index in [1.807, 2.05) is 18.3 Å². The second-order valence-electron chi connectivity index (χ2n) is 3.43. The molecular weight excluding hydrogens is 178 g/mol. The molecule has 1 nitrogen and oxygen atoms in total. The van der Waals surface area contributed by atoms with E-state index in [4.69, 9.17) is 5.73 Å². The monoisotopic (exact) mass is 191 g/mol. The van der Waals surface area contributed by atoms with Gasteiger partial charge in [0.05, 0.1) is 0 Å². The van der Waals surface area contributed by atoms with E-state index in [0.29, 0.717) is 0 Å². The maximum Gasteiger partial charge on any atom is 0.0345 e. The van der Waals surface area contributed by atoms with Crippen LogP contribution in [0.4, 0.5) is 0 Å². The summed E-state index contributed by atoms with van der Waals surface area (Å²) in [5.41, 5.74) is 5.75. The van der Waals surface area contributed by atoms with Crippen molar-refractivity contribution in [2.24, 2.45) is 5.73 Å². The van der Waals surface area contributed by atoms with Gasteiger partial charge in [0.2, 0.25) is 0 Å². The number of nitrogens with two attached hydrogens (primary N) is 1. The van der Waals surface area contributed by atoms with E-state index < -0.39 is 0 Å². The fraction of sp³-hybridized carbons (Fsp3) is 0.273. The van der Waals surface area contributed by atoms with Crippen LogP contribution in [-0.4, -0.2) is 6.04 Å². The SMILES string of the molecule is C[C@@H](N)Cc1cc2ccccc2s1. The van der Waals surface area contributed by atoms with Crippen molar-refractivity contribution < 1.29 is 0 Å². The van der Waals surface area contributed by atoms with Crippen molar-refractivity contribution in [3.05, 3.63) is 35.2 Å². The predicted octanol–water partition coefficient (Wildman–Crippen LogP) is 2.79. The molecular formula is C11H13NS. The predicted molar refractivity (Wildman–Crippen MR) is 59.2 cm³/mol. The van der Waals surface area contributed by atoms with Gasteiger partial charge in [0.25, 0.3) is 0 Å². The van der Waals surface area contributed by atoms with Gasteiger partial charge in [-0.2, -0.15) is 0 Å². The van der Waals surface area contributed by atoms with Crippen molar-refractivity contribution in [2.45, 2.75) is 19.4 Å². The largest absolute Gasteiger partial charge is 0.328 e. The lowest BCUT2D eigenvalue weighted by atomic mass is 10.2. The van der Waals surface area contributed by atoms with Crippen LogP contribution in [0, 0.1) is 0 Å². The Morgan fingerprint density at radius 3 is 2.85 bits per heavy atom. The molecule has 0 unspecified atom stereocenters. The molecule has 2 aromatic rings. The zero-order chi connectivity index (χ0) is 9.26. The van der Waals surface area contributed by atoms with Crippen LogP contribution >= 0.6 is 11.3 Å². The van der Waals surface area contributed by atoms with Gasteiger partial charge in [-0.3, -0.25) is 0 Å². The van der Waals surface area contributed by atoms with Gasteiger partial charge in [-0.25, -0.2) is 0 Å². The molecule has 0 bridgehead atoms. The number of rotatable bonds is 2. The minimum Gasteiger partial charge on any atom is -0.328 e. The van der Waals surface area contributed by atoms with Crippen molar-refractivity contribution in [3.8, 4) is 0 Å². The summed E-state index contributed by atoms with van der Waals surface area (Å²) in [6.07, 6.45) is 0.985. The molecule has 2 N–H and O–H groups in total. The average Bonchev–Trinajstić information content (AvgIpc) is 2.44. The highest BCUT2D eigenvalue weighted by Gasteiger charge is 2.02. The van der Waals surface area contributed by atoms with Crippen LogP contribution in [0.2, 0.25) is 0 Å². The van der Waals surface area contributed by atoms with Crippen LogP contribution in [-0.2, 0) is 6.42 Å². The Kier molecular flexibility index (Phi) is 2.34. The van der Waals surface area contributed by atoms with Gasteiger partial charge < -0.3 is 5.73 Å². The third kappa shape index (κ3) is 1.90. The van der Waals surface area contributed by atoms with Gasteiger partial charge >= 0.3 is 0 Å². The summed E-state index contributed by atoms with van der Waals surface area (Å²) < 4.78 is 1.36. The van der Waals surface area contributed by atoms with Crippen LogP contribution in [0.25, 0.3) is 10.1 Å². The lowest BCUT2D eigenvalue weighted by molar-refractivity contribution is 0.747. The summed E-state index contributed by atoms with van der Waals surface area (Å²) in [6.45, 7) is 2.05. The molecule has 1 aromatic heterocycles. The van der Waals surface area contributed by atoms with Gasteiger partial charge in [-0.15, -0.1) is 11.3 Å². The molecule has 13 heavy (non-hydrogen) atoms. The molecule has 0 amide bonds. The van der Waals surface area contributed by atoms with Crippen LogP contribution in [0.1, 0.15) is 11.8 Å². The van der Waals surface area contributed by atoms with E-state index in [2.05, 4.69) is 30.3 Å². The van der Waals surface area contributed by atoms with E-state index in [-0.39, 0.29) is 6.04 Å². The molecule has 68 valence electrons. The average molecular weight is 191 g/mol. The van der Waals surface area contributed by atoms with E-state index in [1.54, 1.807) is 0 Å². The minimum absolute atomic E-state index is 0.257. The molecule has 0 fully saturated rings. The van der Waals surface area contributed by atoms with Crippen LogP contribution in [0.5, 0.6) is 0 Å². The van der Waals surface area contributed by atoms with Gasteiger partial charge in [-0.1, -0.05) is 18.2 Å². The Balaban J connectivity index is 2.38. The Labute approximate surface area is 82.2 Å². The zero-order valence-electron chi connectivity index (χ0n) is 7.66. The number of hydrogen-bond donors (Lipinski definition) is 1. The van der Waals surface area contributed by atoms with Crippen molar-refractivity contribution in [2.75, 3.05) is 0 Å². The smallest absolute Gasteiger partial charge is 0.0345 e. The third-order valence-corrected chi connectivity index (χ3v) is 3.14. The van der Waals surface area contributed by atoms with Gasteiger partial charge in [0.15, 0.2) is 0 Å². The highest BCUT2D eigenvalue weighted by Crippen LogP contribution is 2.25. The summed E-state index contributed by atoms with van der Waals surface area (Å²) in [7, 11) is 0. The Morgan fingerprint density at radius 2 is 2.15 bits per heavy atom. The highest BCUT2D eigenvalue weighted by atomic mass is 32.1. The van der Waals surface area contributed by atoms with Gasteiger partial charge in [-0.05, 0) is 30.9 Å². The molecule has 1 heterocycles. The van der Waals surface area contributed by atoms with Gasteiger partial charge in [0, 0.05) is 15.6 Å². The quantitative estimate of drug-likeness (QED) is 0.776. The first-order chi connectivity index (χ1) is 6.25. The summed E-state index contributed by atoms with van der Waals surface area (Å²) in [6, 6.07) is 11.0. The van der Waals surface area contributed by atoms with Crippen molar-refractivity contribution in [1.29, 1.82) is 0 Å². The fourth-order valence-electron chi connectivity index (χ4n) is 1.45. The maximum atomic E-state index is 5.75. The summed E-state index contributed by atoms with van der Waals surface area (Å²) >= 11 is 1.85. The molecule has 0 saturated heterocycles. The second-order valence-corrected chi connectivity index (χ2v) is 4.60. The van der Waals surface area contributed by atoms with E-state index in [0.717, 1.165) is 6.42 Å². The molecule has 0 radical (unpaired) electrons. The van der Waals surface area contributed by atoms with Gasteiger partial charge in [0.1, 0.15) is 0 Å². The molecule has 2 heteroatoms. The van der Waals surface area contributed by atoms with E-state index in [9.17, 15) is 0 Å². The van der Waals surface area contributed by atoms with Crippen LogP contribution < -0.4 is 5.73 Å². The topological polar surface area (TPSA) is 26.0 Å². The molecule has 0 aliphatic heterocycles. The molecule has 1 aromatic carbocycles. The molecule has 1 atom stereocenters. The normalized spacial score (nSPS) is 13.4. The summed E-state index contributed by atoms with van der Waals surface area (Å²) in [5, 5.41) is 1.34. The van der Waals surface area contributed by atoms with Crippen LogP contribution in [0.15, 0.2) is 30.3 Å². The Morgan fingerprint density at radius 1 is 1.38 bits per heavy atom. The number of fused-ring (bicyclic) bond motifs is 1. The highest BCUT2D eigenvalue weighted by molar-refractivity contribution is 7.19. The zero-order valence-corrected chi connectivity index (χ0v) is 8.47. The van der Waals surface area contributed by atoms with E-state index in [1.165, 1.54) is 15.0 Å². The van der Waals surface area contributed by atoms with Crippen molar-refractivity contribution in [1.82, 2.24) is 0 Å². The third-order valence-electron chi connectivity index (χ3n) is 2.00. The Bertz CT molecular complexity index is 370. The minimum atomic E-state index is 0.257. The number of hydrogen-bond acceptors (Lipinski definition) is 2. The summed E-state index contributed by atoms with van der Waals surface area (Å²) in [4.78, 5) is 1.39.